The molecule has 0 atom stereocenters. The topological polar surface area (TPSA) is 85.3 Å². The van der Waals surface area contributed by atoms with Crippen molar-refractivity contribution in [2.75, 3.05) is 6.54 Å². The number of halogens is 1. The summed E-state index contributed by atoms with van der Waals surface area (Å²) >= 11 is 6.03. The molecular weight excluding hydrogens is 280 g/mol. The van der Waals surface area contributed by atoms with Gasteiger partial charge in [0, 0.05) is 23.9 Å². The molecule has 2 rings (SSSR count). The number of carbonyl (C=O) groups excluding carboxylic acids is 2. The highest BCUT2D eigenvalue weighted by molar-refractivity contribution is 6.35. The van der Waals surface area contributed by atoms with Gasteiger partial charge in [-0.1, -0.05) is 23.7 Å². The predicted molar refractivity (Wildman–Crippen MR) is 76.7 cm³/mol. The van der Waals surface area contributed by atoms with Crippen molar-refractivity contribution in [3.63, 3.8) is 0 Å². The first-order valence-corrected chi connectivity index (χ1v) is 6.62. The lowest BCUT2D eigenvalue weighted by atomic mass is 10.1. The van der Waals surface area contributed by atoms with E-state index in [1.165, 1.54) is 0 Å². The minimum atomic E-state index is -0.383. The Labute approximate surface area is 121 Å². The van der Waals surface area contributed by atoms with Crippen LogP contribution in [0.25, 0.3) is 11.0 Å². The van der Waals surface area contributed by atoms with E-state index in [1.54, 1.807) is 13.0 Å². The first-order valence-electron chi connectivity index (χ1n) is 6.25. The smallest absolute Gasteiger partial charge is 0.287 e. The molecule has 3 N–H and O–H groups in total. The summed E-state index contributed by atoms with van der Waals surface area (Å²) in [6.07, 6.45) is 0.742. The second-order valence-corrected chi connectivity index (χ2v) is 4.91. The molecule has 6 heteroatoms. The van der Waals surface area contributed by atoms with Gasteiger partial charge in [0.25, 0.3) is 5.91 Å². The molecule has 0 aliphatic heterocycles. The Bertz CT molecular complexity index is 664. The highest BCUT2D eigenvalue weighted by Gasteiger charge is 2.18. The molecule has 2 aromatic rings. The maximum absolute atomic E-state index is 12.0. The summed E-state index contributed by atoms with van der Waals surface area (Å²) < 4.78 is 5.53. The molecule has 1 heterocycles. The molecule has 2 amide bonds. The van der Waals surface area contributed by atoms with Gasteiger partial charge in [-0.3, -0.25) is 9.59 Å². The first kappa shape index (κ1) is 14.4. The van der Waals surface area contributed by atoms with Gasteiger partial charge in [-0.2, -0.15) is 0 Å². The number of aryl methyl sites for hydroxylation is 1. The lowest BCUT2D eigenvalue weighted by Gasteiger charge is -2.02. The Morgan fingerprint density at radius 2 is 2.15 bits per heavy atom. The molecule has 0 aliphatic carbocycles. The van der Waals surface area contributed by atoms with Gasteiger partial charge in [0.1, 0.15) is 0 Å². The van der Waals surface area contributed by atoms with E-state index in [1.807, 2.05) is 12.1 Å². The van der Waals surface area contributed by atoms with Gasteiger partial charge in [0.2, 0.25) is 5.91 Å². The standard InChI is InChI=1S/C14H15ClN2O3/c1-8-9-4-2-5-10(15)13(9)20-12(8)14(19)17-7-3-6-11(16)18/h2,4-5H,3,6-7H2,1H3,(H2,16,18)(H,17,19). The van der Waals surface area contributed by atoms with Crippen molar-refractivity contribution in [1.29, 1.82) is 0 Å². The zero-order valence-corrected chi connectivity index (χ0v) is 11.8. The number of para-hydroxylation sites is 1. The van der Waals surface area contributed by atoms with E-state index in [0.717, 1.165) is 10.9 Å². The Morgan fingerprint density at radius 3 is 2.80 bits per heavy atom. The van der Waals surface area contributed by atoms with Crippen molar-refractivity contribution in [3.05, 3.63) is 34.5 Å². The summed E-state index contributed by atoms with van der Waals surface area (Å²) in [5, 5.41) is 3.98. The maximum Gasteiger partial charge on any atom is 0.287 e. The number of fused-ring (bicyclic) bond motifs is 1. The van der Waals surface area contributed by atoms with E-state index >= 15 is 0 Å². The largest absolute Gasteiger partial charge is 0.449 e. The summed E-state index contributed by atoms with van der Waals surface area (Å²) in [7, 11) is 0. The third-order valence-corrected chi connectivity index (χ3v) is 3.31. The van der Waals surface area contributed by atoms with Gasteiger partial charge >= 0.3 is 0 Å². The second-order valence-electron chi connectivity index (χ2n) is 4.50. The summed E-state index contributed by atoms with van der Waals surface area (Å²) in [4.78, 5) is 22.6. The third kappa shape index (κ3) is 2.93. The first-order chi connectivity index (χ1) is 9.50. The van der Waals surface area contributed by atoms with Crippen LogP contribution < -0.4 is 11.1 Å². The molecule has 0 bridgehead atoms. The number of primary amides is 1. The van der Waals surface area contributed by atoms with Crippen molar-refractivity contribution in [3.8, 4) is 0 Å². The monoisotopic (exact) mass is 294 g/mol. The van der Waals surface area contributed by atoms with Gasteiger partial charge < -0.3 is 15.5 Å². The Hall–Kier alpha value is -2.01. The number of nitrogens with two attached hydrogens (primary N) is 1. The average Bonchev–Trinajstić information content (AvgIpc) is 2.74. The molecule has 0 saturated heterocycles. The second kappa shape index (κ2) is 5.96. The average molecular weight is 295 g/mol. The van der Waals surface area contributed by atoms with Gasteiger partial charge in [-0.15, -0.1) is 0 Å². The van der Waals surface area contributed by atoms with Crippen LogP contribution in [-0.4, -0.2) is 18.4 Å². The van der Waals surface area contributed by atoms with Crippen LogP contribution in [0.4, 0.5) is 0 Å². The zero-order valence-electron chi connectivity index (χ0n) is 11.0. The molecular formula is C14H15ClN2O3. The van der Waals surface area contributed by atoms with E-state index in [4.69, 9.17) is 21.8 Å². The molecule has 106 valence electrons. The van der Waals surface area contributed by atoms with E-state index in [2.05, 4.69) is 5.32 Å². The van der Waals surface area contributed by atoms with Crippen LogP contribution in [0.5, 0.6) is 0 Å². The molecule has 5 nitrogen and oxygen atoms in total. The SMILES string of the molecule is Cc1c(C(=O)NCCCC(N)=O)oc2c(Cl)cccc12. The lowest BCUT2D eigenvalue weighted by molar-refractivity contribution is -0.118. The minimum absolute atomic E-state index is 0.241. The number of rotatable bonds is 5. The lowest BCUT2D eigenvalue weighted by Crippen LogP contribution is -2.25. The number of nitrogens with one attached hydrogen (secondary N) is 1. The molecule has 20 heavy (non-hydrogen) atoms. The fourth-order valence-electron chi connectivity index (χ4n) is 1.97. The number of hydrogen-bond donors (Lipinski definition) is 2. The van der Waals surface area contributed by atoms with Crippen LogP contribution in [0.15, 0.2) is 22.6 Å². The normalized spacial score (nSPS) is 10.7. The zero-order chi connectivity index (χ0) is 14.7. The molecule has 1 aromatic carbocycles. The fourth-order valence-corrected chi connectivity index (χ4v) is 2.18. The maximum atomic E-state index is 12.0. The van der Waals surface area contributed by atoms with Crippen LogP contribution >= 0.6 is 11.6 Å². The van der Waals surface area contributed by atoms with E-state index in [0.29, 0.717) is 23.6 Å². The van der Waals surface area contributed by atoms with Crippen LogP contribution in [0.2, 0.25) is 5.02 Å². The quantitative estimate of drug-likeness (QED) is 0.830. The van der Waals surface area contributed by atoms with Crippen molar-refractivity contribution in [2.45, 2.75) is 19.8 Å². The van der Waals surface area contributed by atoms with Crippen LogP contribution in [0.1, 0.15) is 29.0 Å². The van der Waals surface area contributed by atoms with Crippen molar-refractivity contribution in [1.82, 2.24) is 5.32 Å². The summed E-state index contributed by atoms with van der Waals surface area (Å²) in [6, 6.07) is 5.37. The van der Waals surface area contributed by atoms with Crippen molar-refractivity contribution >= 4 is 34.4 Å². The van der Waals surface area contributed by atoms with E-state index in [-0.39, 0.29) is 24.0 Å². The molecule has 0 spiro atoms. The number of furan rings is 1. The Kier molecular flexibility index (Phi) is 4.29. The summed E-state index contributed by atoms with van der Waals surface area (Å²) in [6.45, 7) is 2.17. The summed E-state index contributed by atoms with van der Waals surface area (Å²) in [5.74, 6) is -0.461. The van der Waals surface area contributed by atoms with Crippen molar-refractivity contribution in [2.24, 2.45) is 5.73 Å². The molecule has 0 fully saturated rings. The fraction of sp³-hybridized carbons (Fsp3) is 0.286. The van der Waals surface area contributed by atoms with Crippen LogP contribution in [0.3, 0.4) is 0 Å². The Morgan fingerprint density at radius 1 is 1.40 bits per heavy atom. The Balaban J connectivity index is 2.12. The van der Waals surface area contributed by atoms with Crippen molar-refractivity contribution < 1.29 is 14.0 Å². The van der Waals surface area contributed by atoms with E-state index in [9.17, 15) is 9.59 Å². The molecule has 0 radical (unpaired) electrons. The number of carbonyl (C=O) groups is 2. The predicted octanol–water partition coefficient (Wildman–Crippen LogP) is 2.39. The van der Waals surface area contributed by atoms with Gasteiger partial charge in [0.15, 0.2) is 11.3 Å². The summed E-state index contributed by atoms with van der Waals surface area (Å²) in [5.41, 5.74) is 6.28. The number of benzene rings is 1. The number of amides is 2. The number of hydrogen-bond acceptors (Lipinski definition) is 3. The van der Waals surface area contributed by atoms with Gasteiger partial charge in [-0.25, -0.2) is 0 Å². The van der Waals surface area contributed by atoms with Gasteiger partial charge in [-0.05, 0) is 19.4 Å². The third-order valence-electron chi connectivity index (χ3n) is 3.01. The minimum Gasteiger partial charge on any atom is -0.449 e. The van der Waals surface area contributed by atoms with E-state index < -0.39 is 0 Å². The van der Waals surface area contributed by atoms with Gasteiger partial charge in [0.05, 0.1) is 5.02 Å². The molecule has 0 aliphatic rings. The van der Waals surface area contributed by atoms with Crippen LogP contribution in [0, 0.1) is 6.92 Å². The highest BCUT2D eigenvalue weighted by Crippen LogP contribution is 2.30. The highest BCUT2D eigenvalue weighted by atomic mass is 35.5. The molecule has 0 unspecified atom stereocenters. The molecule has 1 aromatic heterocycles. The molecule has 0 saturated carbocycles. The van der Waals surface area contributed by atoms with Crippen LogP contribution in [-0.2, 0) is 4.79 Å².